The summed E-state index contributed by atoms with van der Waals surface area (Å²) in [6.07, 6.45) is 1.74. The first-order chi connectivity index (χ1) is 7.39. The smallest absolute Gasteiger partial charge is 0.220 e. The van der Waals surface area contributed by atoms with Crippen LogP contribution in [0.4, 0.5) is 0 Å². The number of amides is 2. The lowest BCUT2D eigenvalue weighted by atomic mass is 9.98. The van der Waals surface area contributed by atoms with Crippen molar-refractivity contribution in [1.29, 1.82) is 0 Å². The molecule has 1 fully saturated rings. The Kier molecular flexibility index (Phi) is 4.29. The van der Waals surface area contributed by atoms with Crippen molar-refractivity contribution in [1.82, 2.24) is 10.6 Å². The van der Waals surface area contributed by atoms with Gasteiger partial charge in [-0.05, 0) is 39.3 Å². The molecule has 0 aromatic heterocycles. The number of carbonyl (C=O) groups is 2. The molecule has 1 aliphatic heterocycles. The Morgan fingerprint density at radius 1 is 1.50 bits per heavy atom. The standard InChI is InChI=1S/C11H21N3O2/c1-11(2,6-9(12)15)14-10(16)5-8-3-4-13-7-8/h8,13H,3-7H2,1-2H3,(H2,12,15)(H,14,16). The summed E-state index contributed by atoms with van der Waals surface area (Å²) in [5, 5.41) is 6.07. The molecule has 0 aromatic carbocycles. The first-order valence-electron chi connectivity index (χ1n) is 5.69. The molecule has 1 heterocycles. The average molecular weight is 227 g/mol. The lowest BCUT2D eigenvalue weighted by molar-refractivity contribution is -0.124. The molecule has 1 saturated heterocycles. The van der Waals surface area contributed by atoms with Gasteiger partial charge in [-0.25, -0.2) is 0 Å². The molecule has 0 spiro atoms. The van der Waals surface area contributed by atoms with Gasteiger partial charge in [0.05, 0.1) is 0 Å². The van der Waals surface area contributed by atoms with Crippen molar-refractivity contribution in [3.63, 3.8) is 0 Å². The van der Waals surface area contributed by atoms with Gasteiger partial charge in [0.15, 0.2) is 0 Å². The second-order valence-corrected chi connectivity index (χ2v) is 5.14. The Bertz CT molecular complexity index is 270. The van der Waals surface area contributed by atoms with Gasteiger partial charge in [0.2, 0.25) is 11.8 Å². The summed E-state index contributed by atoms with van der Waals surface area (Å²) in [5.41, 5.74) is 4.57. The van der Waals surface area contributed by atoms with Crippen molar-refractivity contribution in [2.45, 2.75) is 38.6 Å². The lowest BCUT2D eigenvalue weighted by Gasteiger charge is -2.25. The number of nitrogens with two attached hydrogens (primary N) is 1. The molecule has 1 unspecified atom stereocenters. The average Bonchev–Trinajstić information content (AvgIpc) is 2.51. The second kappa shape index (κ2) is 5.30. The quantitative estimate of drug-likeness (QED) is 0.606. The Morgan fingerprint density at radius 2 is 2.19 bits per heavy atom. The molecule has 0 aliphatic carbocycles. The molecule has 1 atom stereocenters. The summed E-state index contributed by atoms with van der Waals surface area (Å²) < 4.78 is 0. The van der Waals surface area contributed by atoms with Crippen LogP contribution in [0.3, 0.4) is 0 Å². The fraction of sp³-hybridized carbons (Fsp3) is 0.818. The summed E-state index contributed by atoms with van der Waals surface area (Å²) in [6.45, 7) is 5.51. The second-order valence-electron chi connectivity index (χ2n) is 5.14. The minimum Gasteiger partial charge on any atom is -0.370 e. The van der Waals surface area contributed by atoms with Gasteiger partial charge < -0.3 is 16.4 Å². The van der Waals surface area contributed by atoms with Crippen LogP contribution in [0.25, 0.3) is 0 Å². The summed E-state index contributed by atoms with van der Waals surface area (Å²) in [7, 11) is 0. The van der Waals surface area contributed by atoms with Crippen molar-refractivity contribution < 1.29 is 9.59 Å². The van der Waals surface area contributed by atoms with Gasteiger partial charge in [-0.2, -0.15) is 0 Å². The van der Waals surface area contributed by atoms with E-state index in [1.807, 2.05) is 13.8 Å². The molecule has 92 valence electrons. The number of nitrogens with one attached hydrogen (secondary N) is 2. The highest BCUT2D eigenvalue weighted by Gasteiger charge is 2.25. The first kappa shape index (κ1) is 13.0. The Labute approximate surface area is 96.1 Å². The maximum absolute atomic E-state index is 11.7. The summed E-state index contributed by atoms with van der Waals surface area (Å²) in [5.74, 6) is 0.0251. The fourth-order valence-electron chi connectivity index (χ4n) is 2.06. The Balaban J connectivity index is 2.34. The van der Waals surface area contributed by atoms with E-state index >= 15 is 0 Å². The zero-order valence-corrected chi connectivity index (χ0v) is 10.0. The van der Waals surface area contributed by atoms with Gasteiger partial charge in [0.25, 0.3) is 0 Å². The fourth-order valence-corrected chi connectivity index (χ4v) is 2.06. The highest BCUT2D eigenvalue weighted by atomic mass is 16.2. The van der Waals surface area contributed by atoms with Crippen LogP contribution in [0.1, 0.15) is 33.1 Å². The zero-order valence-electron chi connectivity index (χ0n) is 10.0. The van der Waals surface area contributed by atoms with Gasteiger partial charge in [0.1, 0.15) is 0 Å². The third-order valence-corrected chi connectivity index (χ3v) is 2.73. The van der Waals surface area contributed by atoms with Crippen LogP contribution in [0.5, 0.6) is 0 Å². The van der Waals surface area contributed by atoms with E-state index in [1.54, 1.807) is 0 Å². The van der Waals surface area contributed by atoms with Crippen molar-refractivity contribution >= 4 is 11.8 Å². The van der Waals surface area contributed by atoms with Crippen molar-refractivity contribution in [3.8, 4) is 0 Å². The number of hydrogen-bond donors (Lipinski definition) is 3. The van der Waals surface area contributed by atoms with Crippen LogP contribution in [-0.4, -0.2) is 30.4 Å². The summed E-state index contributed by atoms with van der Waals surface area (Å²) >= 11 is 0. The van der Waals surface area contributed by atoms with Crippen molar-refractivity contribution in [2.24, 2.45) is 11.7 Å². The van der Waals surface area contributed by atoms with E-state index in [0.29, 0.717) is 12.3 Å². The first-order valence-corrected chi connectivity index (χ1v) is 5.69. The van der Waals surface area contributed by atoms with Crippen LogP contribution in [0, 0.1) is 5.92 Å². The molecule has 4 N–H and O–H groups in total. The van der Waals surface area contributed by atoms with E-state index in [0.717, 1.165) is 19.5 Å². The molecule has 2 amide bonds. The largest absolute Gasteiger partial charge is 0.370 e. The van der Waals surface area contributed by atoms with Gasteiger partial charge in [0, 0.05) is 18.4 Å². The van der Waals surface area contributed by atoms with Gasteiger partial charge >= 0.3 is 0 Å². The summed E-state index contributed by atoms with van der Waals surface area (Å²) in [6, 6.07) is 0. The molecule has 5 nitrogen and oxygen atoms in total. The van der Waals surface area contributed by atoms with Crippen LogP contribution in [-0.2, 0) is 9.59 Å². The maximum Gasteiger partial charge on any atom is 0.220 e. The minimum atomic E-state index is -0.547. The van der Waals surface area contributed by atoms with E-state index in [2.05, 4.69) is 10.6 Å². The number of rotatable bonds is 5. The molecule has 0 bridgehead atoms. The minimum absolute atomic E-state index is 0.0000463. The van der Waals surface area contributed by atoms with E-state index in [4.69, 9.17) is 5.73 Å². The molecule has 1 rings (SSSR count). The van der Waals surface area contributed by atoms with Crippen LogP contribution >= 0.6 is 0 Å². The van der Waals surface area contributed by atoms with E-state index in [1.165, 1.54) is 0 Å². The molecule has 0 saturated carbocycles. The van der Waals surface area contributed by atoms with Crippen LogP contribution in [0.2, 0.25) is 0 Å². The SMILES string of the molecule is CC(C)(CC(N)=O)NC(=O)CC1CCNC1. The molecule has 5 heteroatoms. The predicted molar refractivity (Wildman–Crippen MR) is 61.6 cm³/mol. The number of primary amides is 1. The van der Waals surface area contributed by atoms with Gasteiger partial charge in [-0.1, -0.05) is 0 Å². The highest BCUT2D eigenvalue weighted by molar-refractivity contribution is 5.79. The van der Waals surface area contributed by atoms with Crippen LogP contribution < -0.4 is 16.4 Å². The van der Waals surface area contributed by atoms with Crippen molar-refractivity contribution in [3.05, 3.63) is 0 Å². The van der Waals surface area contributed by atoms with E-state index in [-0.39, 0.29) is 12.3 Å². The van der Waals surface area contributed by atoms with E-state index in [9.17, 15) is 9.59 Å². The lowest BCUT2D eigenvalue weighted by Crippen LogP contribution is -2.46. The number of carbonyl (C=O) groups excluding carboxylic acids is 2. The van der Waals surface area contributed by atoms with Crippen LogP contribution in [0.15, 0.2) is 0 Å². The predicted octanol–water partition coefficient (Wildman–Crippen LogP) is -0.244. The molecule has 0 aromatic rings. The summed E-state index contributed by atoms with van der Waals surface area (Å²) in [4.78, 5) is 22.5. The van der Waals surface area contributed by atoms with Gasteiger partial charge in [-0.15, -0.1) is 0 Å². The third-order valence-electron chi connectivity index (χ3n) is 2.73. The molecular formula is C11H21N3O2. The zero-order chi connectivity index (χ0) is 12.2. The number of hydrogen-bond acceptors (Lipinski definition) is 3. The van der Waals surface area contributed by atoms with Crippen molar-refractivity contribution in [2.75, 3.05) is 13.1 Å². The monoisotopic (exact) mass is 227 g/mol. The third kappa shape index (κ3) is 4.61. The molecule has 0 radical (unpaired) electrons. The maximum atomic E-state index is 11.7. The molecule has 1 aliphatic rings. The molecular weight excluding hydrogens is 206 g/mol. The Morgan fingerprint density at radius 3 is 2.69 bits per heavy atom. The Hall–Kier alpha value is -1.10. The highest BCUT2D eigenvalue weighted by Crippen LogP contribution is 2.14. The topological polar surface area (TPSA) is 84.2 Å². The van der Waals surface area contributed by atoms with Gasteiger partial charge in [-0.3, -0.25) is 9.59 Å². The molecule has 16 heavy (non-hydrogen) atoms. The van der Waals surface area contributed by atoms with E-state index < -0.39 is 11.4 Å². The normalized spacial score (nSPS) is 20.8.